The van der Waals surface area contributed by atoms with E-state index in [1.807, 2.05) is 30.3 Å². The third-order valence-corrected chi connectivity index (χ3v) is 4.02. The van der Waals surface area contributed by atoms with Crippen molar-refractivity contribution in [3.05, 3.63) is 36.2 Å². The molecule has 0 atom stereocenters. The molecule has 116 valence electrons. The number of tetrazole rings is 1. The van der Waals surface area contributed by atoms with Gasteiger partial charge in [-0.15, -0.1) is 5.10 Å². The molecule has 0 spiro atoms. The van der Waals surface area contributed by atoms with E-state index >= 15 is 0 Å². The molecular formula is C15H19N5O2. The summed E-state index contributed by atoms with van der Waals surface area (Å²) in [4.78, 5) is 13.8. The first-order valence-electron chi connectivity index (χ1n) is 7.41. The number of para-hydroxylation sites is 1. The van der Waals surface area contributed by atoms with Crippen molar-refractivity contribution < 1.29 is 9.53 Å². The molecule has 1 aromatic heterocycles. The summed E-state index contributed by atoms with van der Waals surface area (Å²) in [6.45, 7) is 2.37. The molecule has 1 fully saturated rings. The molecule has 0 aliphatic carbocycles. The van der Waals surface area contributed by atoms with E-state index in [0.717, 1.165) is 37.4 Å². The molecule has 22 heavy (non-hydrogen) atoms. The molecule has 0 saturated carbocycles. The molecule has 1 saturated heterocycles. The van der Waals surface area contributed by atoms with Crippen molar-refractivity contribution in [2.45, 2.75) is 19.4 Å². The lowest BCUT2D eigenvalue weighted by molar-refractivity contribution is -0.147. The van der Waals surface area contributed by atoms with Crippen molar-refractivity contribution >= 4 is 5.97 Å². The van der Waals surface area contributed by atoms with Crippen molar-refractivity contribution in [2.75, 3.05) is 20.2 Å². The standard InChI is InChI=1S/C15H19N5O2/c1-22-15(21)12-7-9-19(10-8-12)11-14-16-17-18-20(14)13-5-3-2-4-6-13/h2-6,12H,7-11H2,1H3. The summed E-state index contributed by atoms with van der Waals surface area (Å²) in [6.07, 6.45) is 1.64. The van der Waals surface area contributed by atoms with Gasteiger partial charge < -0.3 is 4.74 Å². The highest BCUT2D eigenvalue weighted by Gasteiger charge is 2.26. The summed E-state index contributed by atoms with van der Waals surface area (Å²) in [7, 11) is 1.45. The molecule has 7 heteroatoms. The maximum atomic E-state index is 11.6. The molecular weight excluding hydrogens is 282 g/mol. The number of rotatable bonds is 4. The number of esters is 1. The zero-order valence-electron chi connectivity index (χ0n) is 12.6. The SMILES string of the molecule is COC(=O)C1CCN(Cc2nnnn2-c2ccccc2)CC1. The summed E-state index contributed by atoms with van der Waals surface area (Å²) in [5.74, 6) is 0.725. The molecule has 3 rings (SSSR count). The number of carbonyl (C=O) groups is 1. The summed E-state index contributed by atoms with van der Waals surface area (Å²) in [5, 5.41) is 12.0. The highest BCUT2D eigenvalue weighted by molar-refractivity contribution is 5.72. The Morgan fingerprint density at radius 3 is 2.68 bits per heavy atom. The summed E-state index contributed by atoms with van der Waals surface area (Å²) >= 11 is 0. The fourth-order valence-electron chi connectivity index (χ4n) is 2.77. The normalized spacial score (nSPS) is 16.6. The lowest BCUT2D eigenvalue weighted by Gasteiger charge is -2.29. The second-order valence-electron chi connectivity index (χ2n) is 5.42. The average molecular weight is 301 g/mol. The largest absolute Gasteiger partial charge is 0.469 e. The Morgan fingerprint density at radius 1 is 1.27 bits per heavy atom. The minimum atomic E-state index is -0.103. The number of carbonyl (C=O) groups excluding carboxylic acids is 1. The minimum Gasteiger partial charge on any atom is -0.469 e. The van der Waals surface area contributed by atoms with Gasteiger partial charge in [-0.2, -0.15) is 4.68 Å². The Balaban J connectivity index is 1.64. The van der Waals surface area contributed by atoms with Crippen LogP contribution in [-0.4, -0.2) is 51.3 Å². The minimum absolute atomic E-state index is 0.0198. The second kappa shape index (κ2) is 6.65. The summed E-state index contributed by atoms with van der Waals surface area (Å²) in [6, 6.07) is 9.84. The Morgan fingerprint density at radius 2 is 2.00 bits per heavy atom. The van der Waals surface area contributed by atoms with Crippen LogP contribution in [-0.2, 0) is 16.1 Å². The smallest absolute Gasteiger partial charge is 0.308 e. The van der Waals surface area contributed by atoms with Crippen LogP contribution in [0.2, 0.25) is 0 Å². The van der Waals surface area contributed by atoms with Crippen LogP contribution in [0.3, 0.4) is 0 Å². The van der Waals surface area contributed by atoms with Crippen molar-refractivity contribution in [3.63, 3.8) is 0 Å². The Labute approximate surface area is 128 Å². The molecule has 0 N–H and O–H groups in total. The van der Waals surface area contributed by atoms with Crippen LogP contribution in [0.25, 0.3) is 5.69 Å². The average Bonchev–Trinajstić information content (AvgIpc) is 3.04. The van der Waals surface area contributed by atoms with Gasteiger partial charge in [-0.1, -0.05) is 18.2 Å². The van der Waals surface area contributed by atoms with Gasteiger partial charge in [0.2, 0.25) is 0 Å². The van der Waals surface area contributed by atoms with E-state index in [-0.39, 0.29) is 11.9 Å². The van der Waals surface area contributed by atoms with Crippen LogP contribution in [0.15, 0.2) is 30.3 Å². The van der Waals surface area contributed by atoms with E-state index in [4.69, 9.17) is 4.74 Å². The van der Waals surface area contributed by atoms with Gasteiger partial charge in [0.15, 0.2) is 5.82 Å². The van der Waals surface area contributed by atoms with Crippen molar-refractivity contribution in [1.29, 1.82) is 0 Å². The van der Waals surface area contributed by atoms with Crippen molar-refractivity contribution in [1.82, 2.24) is 25.1 Å². The molecule has 1 aliphatic rings. The van der Waals surface area contributed by atoms with Gasteiger partial charge in [-0.05, 0) is 48.5 Å². The van der Waals surface area contributed by atoms with Crippen LogP contribution in [0.1, 0.15) is 18.7 Å². The molecule has 0 amide bonds. The molecule has 2 heterocycles. The first-order valence-corrected chi connectivity index (χ1v) is 7.41. The van der Waals surface area contributed by atoms with Gasteiger partial charge in [0.05, 0.1) is 25.3 Å². The maximum Gasteiger partial charge on any atom is 0.308 e. The highest BCUT2D eigenvalue weighted by atomic mass is 16.5. The topological polar surface area (TPSA) is 73.1 Å². The molecule has 7 nitrogen and oxygen atoms in total. The van der Waals surface area contributed by atoms with Crippen LogP contribution < -0.4 is 0 Å². The predicted molar refractivity (Wildman–Crippen MR) is 79.2 cm³/mol. The van der Waals surface area contributed by atoms with Gasteiger partial charge >= 0.3 is 5.97 Å². The Bertz CT molecular complexity index is 620. The number of ether oxygens (including phenoxy) is 1. The van der Waals surface area contributed by atoms with Gasteiger partial charge in [-0.25, -0.2) is 0 Å². The van der Waals surface area contributed by atoms with E-state index in [9.17, 15) is 4.79 Å². The Hall–Kier alpha value is -2.28. The van der Waals surface area contributed by atoms with E-state index in [1.54, 1.807) is 4.68 Å². The fourth-order valence-corrected chi connectivity index (χ4v) is 2.77. The van der Waals surface area contributed by atoms with E-state index in [0.29, 0.717) is 6.54 Å². The number of likely N-dealkylation sites (tertiary alicyclic amines) is 1. The van der Waals surface area contributed by atoms with Gasteiger partial charge in [0.25, 0.3) is 0 Å². The number of methoxy groups -OCH3 is 1. The van der Waals surface area contributed by atoms with Crippen LogP contribution in [0.5, 0.6) is 0 Å². The van der Waals surface area contributed by atoms with Gasteiger partial charge in [-0.3, -0.25) is 9.69 Å². The first-order chi connectivity index (χ1) is 10.8. The maximum absolute atomic E-state index is 11.6. The van der Waals surface area contributed by atoms with Crippen molar-refractivity contribution in [3.8, 4) is 5.69 Å². The molecule has 1 aliphatic heterocycles. The molecule has 1 aromatic carbocycles. The third-order valence-electron chi connectivity index (χ3n) is 4.02. The fraction of sp³-hybridized carbons (Fsp3) is 0.467. The molecule has 0 radical (unpaired) electrons. The van der Waals surface area contributed by atoms with E-state index in [2.05, 4.69) is 20.4 Å². The quantitative estimate of drug-likeness (QED) is 0.786. The van der Waals surface area contributed by atoms with Gasteiger partial charge in [0, 0.05) is 0 Å². The van der Waals surface area contributed by atoms with E-state index in [1.165, 1.54) is 7.11 Å². The Kier molecular flexibility index (Phi) is 4.43. The summed E-state index contributed by atoms with van der Waals surface area (Å²) in [5.41, 5.74) is 0.951. The van der Waals surface area contributed by atoms with Crippen LogP contribution in [0.4, 0.5) is 0 Å². The lowest BCUT2D eigenvalue weighted by Crippen LogP contribution is -2.36. The summed E-state index contributed by atoms with van der Waals surface area (Å²) < 4.78 is 6.57. The van der Waals surface area contributed by atoms with Gasteiger partial charge in [0.1, 0.15) is 0 Å². The number of hydrogen-bond acceptors (Lipinski definition) is 6. The van der Waals surface area contributed by atoms with Crippen LogP contribution in [0, 0.1) is 5.92 Å². The van der Waals surface area contributed by atoms with E-state index < -0.39 is 0 Å². The van der Waals surface area contributed by atoms with Crippen LogP contribution >= 0.6 is 0 Å². The zero-order chi connectivity index (χ0) is 15.4. The molecule has 2 aromatic rings. The lowest BCUT2D eigenvalue weighted by atomic mass is 9.97. The van der Waals surface area contributed by atoms with Crippen molar-refractivity contribution in [2.24, 2.45) is 5.92 Å². The monoisotopic (exact) mass is 301 g/mol. The number of benzene rings is 1. The molecule has 0 bridgehead atoms. The number of nitrogens with zero attached hydrogens (tertiary/aromatic N) is 5. The number of piperidine rings is 1. The number of hydrogen-bond donors (Lipinski definition) is 0. The first kappa shape index (κ1) is 14.6. The second-order valence-corrected chi connectivity index (χ2v) is 5.42. The predicted octanol–water partition coefficient (Wildman–Crippen LogP) is 1.05. The highest BCUT2D eigenvalue weighted by Crippen LogP contribution is 2.20. The third kappa shape index (κ3) is 3.14. The molecule has 0 unspecified atom stereocenters. The zero-order valence-corrected chi connectivity index (χ0v) is 12.6. The number of aromatic nitrogens is 4.